The maximum absolute atomic E-state index is 12.8. The lowest BCUT2D eigenvalue weighted by Crippen LogP contribution is -2.42. The van der Waals surface area contributed by atoms with Gasteiger partial charge in [-0.1, -0.05) is 18.2 Å². The highest BCUT2D eigenvalue weighted by Gasteiger charge is 2.33. The number of rotatable bonds is 5. The summed E-state index contributed by atoms with van der Waals surface area (Å²) < 4.78 is 36.0. The van der Waals surface area contributed by atoms with Crippen molar-refractivity contribution < 1.29 is 22.7 Å². The molecule has 144 valence electrons. The molecule has 0 radical (unpaired) electrons. The molecule has 2 aromatic carbocycles. The van der Waals surface area contributed by atoms with Gasteiger partial charge in [0.15, 0.2) is 9.84 Å². The summed E-state index contributed by atoms with van der Waals surface area (Å²) in [6, 6.07) is 13.5. The van der Waals surface area contributed by atoms with Crippen LogP contribution in [-0.4, -0.2) is 51.8 Å². The van der Waals surface area contributed by atoms with Gasteiger partial charge in [-0.2, -0.15) is 0 Å². The van der Waals surface area contributed by atoms with Crippen molar-refractivity contribution in [1.29, 1.82) is 0 Å². The number of methoxy groups -OCH3 is 2. The van der Waals surface area contributed by atoms with Gasteiger partial charge in [0.05, 0.1) is 24.4 Å². The van der Waals surface area contributed by atoms with Crippen molar-refractivity contribution in [2.75, 3.05) is 27.3 Å². The Kier molecular flexibility index (Phi) is 5.70. The van der Waals surface area contributed by atoms with Crippen molar-refractivity contribution in [3.63, 3.8) is 0 Å². The number of likely N-dealkylation sites (tertiary alicyclic amines) is 1. The van der Waals surface area contributed by atoms with Crippen LogP contribution >= 0.6 is 0 Å². The maximum atomic E-state index is 12.8. The second-order valence-electron chi connectivity index (χ2n) is 6.45. The minimum Gasteiger partial charge on any atom is -0.497 e. The number of carbonyl (C=O) groups is 1. The predicted octanol–water partition coefficient (Wildman–Crippen LogP) is 2.78. The fourth-order valence-corrected chi connectivity index (χ4v) is 5.04. The third-order valence-corrected chi connectivity index (χ3v) is 7.12. The van der Waals surface area contributed by atoms with E-state index in [9.17, 15) is 13.2 Å². The molecule has 1 saturated heterocycles. The molecule has 0 atom stereocenters. The van der Waals surface area contributed by atoms with Gasteiger partial charge in [0.25, 0.3) is 5.91 Å². The molecule has 2 aromatic rings. The normalized spacial score (nSPS) is 15.4. The number of ether oxygens (including phenoxy) is 2. The van der Waals surface area contributed by atoms with Crippen molar-refractivity contribution in [2.45, 2.75) is 23.0 Å². The minimum absolute atomic E-state index is 0.150. The maximum Gasteiger partial charge on any atom is 0.254 e. The van der Waals surface area contributed by atoms with Crippen molar-refractivity contribution in [2.24, 2.45) is 0 Å². The fraction of sp³-hybridized carbons (Fsp3) is 0.350. The quantitative estimate of drug-likeness (QED) is 0.786. The molecular weight excluding hydrogens is 366 g/mol. The number of hydrogen-bond acceptors (Lipinski definition) is 5. The number of sulfone groups is 1. The molecule has 0 aromatic heterocycles. The van der Waals surface area contributed by atoms with E-state index in [1.807, 2.05) is 0 Å². The van der Waals surface area contributed by atoms with E-state index < -0.39 is 15.1 Å². The van der Waals surface area contributed by atoms with Gasteiger partial charge in [0, 0.05) is 24.7 Å². The van der Waals surface area contributed by atoms with Crippen LogP contribution in [0.3, 0.4) is 0 Å². The Morgan fingerprint density at radius 2 is 1.52 bits per heavy atom. The predicted molar refractivity (Wildman–Crippen MR) is 102 cm³/mol. The van der Waals surface area contributed by atoms with Gasteiger partial charge in [0.1, 0.15) is 11.5 Å². The molecule has 1 aliphatic heterocycles. The summed E-state index contributed by atoms with van der Waals surface area (Å²) in [5, 5.41) is -0.469. The van der Waals surface area contributed by atoms with Gasteiger partial charge >= 0.3 is 0 Å². The van der Waals surface area contributed by atoms with Gasteiger partial charge in [0.2, 0.25) is 0 Å². The zero-order valence-corrected chi connectivity index (χ0v) is 16.2. The zero-order chi connectivity index (χ0) is 19.4. The SMILES string of the molecule is COc1cc(OC)cc(C(=O)N2CCC(S(=O)(=O)c3ccccc3)CC2)c1. The first-order valence-electron chi connectivity index (χ1n) is 8.77. The standard InChI is InChI=1S/C20H23NO5S/c1-25-16-12-15(13-17(14-16)26-2)20(22)21-10-8-19(9-11-21)27(23,24)18-6-4-3-5-7-18/h3-7,12-14,19H,8-11H2,1-2H3. The molecule has 1 heterocycles. The van der Waals surface area contributed by atoms with E-state index in [1.54, 1.807) is 53.4 Å². The highest BCUT2D eigenvalue weighted by Crippen LogP contribution is 2.27. The summed E-state index contributed by atoms with van der Waals surface area (Å²) in [7, 11) is -0.314. The van der Waals surface area contributed by atoms with Crippen molar-refractivity contribution in [1.82, 2.24) is 4.90 Å². The topological polar surface area (TPSA) is 72.9 Å². The second-order valence-corrected chi connectivity index (χ2v) is 8.68. The number of carbonyl (C=O) groups excluding carboxylic acids is 1. The lowest BCUT2D eigenvalue weighted by molar-refractivity contribution is 0.0725. The summed E-state index contributed by atoms with van der Waals surface area (Å²) >= 11 is 0. The Morgan fingerprint density at radius 3 is 2.04 bits per heavy atom. The summed E-state index contributed by atoms with van der Waals surface area (Å²) in [5.74, 6) is 0.932. The Labute approximate surface area is 159 Å². The average molecular weight is 389 g/mol. The third kappa shape index (κ3) is 4.08. The molecule has 0 aliphatic carbocycles. The molecule has 0 unspecified atom stereocenters. The first kappa shape index (κ1) is 19.2. The van der Waals surface area contributed by atoms with Gasteiger partial charge in [-0.25, -0.2) is 8.42 Å². The third-order valence-electron chi connectivity index (χ3n) is 4.84. The monoisotopic (exact) mass is 389 g/mol. The van der Waals surface area contributed by atoms with Crippen LogP contribution in [0.15, 0.2) is 53.4 Å². The Morgan fingerprint density at radius 1 is 0.963 bits per heavy atom. The van der Waals surface area contributed by atoms with Crippen molar-refractivity contribution in [3.8, 4) is 11.5 Å². The van der Waals surface area contributed by atoms with Gasteiger partial charge in [-0.15, -0.1) is 0 Å². The number of nitrogens with zero attached hydrogens (tertiary/aromatic N) is 1. The van der Waals surface area contributed by atoms with E-state index in [1.165, 1.54) is 14.2 Å². The smallest absolute Gasteiger partial charge is 0.254 e. The molecule has 7 heteroatoms. The Balaban J connectivity index is 1.71. The van der Waals surface area contributed by atoms with Crippen LogP contribution in [0.1, 0.15) is 23.2 Å². The van der Waals surface area contributed by atoms with E-state index in [0.717, 1.165) is 0 Å². The van der Waals surface area contributed by atoms with E-state index in [-0.39, 0.29) is 5.91 Å². The molecule has 0 spiro atoms. The number of piperidine rings is 1. The van der Waals surface area contributed by atoms with Crippen LogP contribution in [0.5, 0.6) is 11.5 Å². The Hall–Kier alpha value is -2.54. The molecule has 0 N–H and O–H groups in total. The highest BCUT2D eigenvalue weighted by molar-refractivity contribution is 7.92. The van der Waals surface area contributed by atoms with E-state index in [0.29, 0.717) is 47.9 Å². The van der Waals surface area contributed by atoms with E-state index in [4.69, 9.17) is 9.47 Å². The zero-order valence-electron chi connectivity index (χ0n) is 15.4. The largest absolute Gasteiger partial charge is 0.497 e. The van der Waals surface area contributed by atoms with Crippen LogP contribution in [-0.2, 0) is 9.84 Å². The average Bonchev–Trinajstić information content (AvgIpc) is 2.73. The Bertz CT molecular complexity index is 881. The molecule has 0 saturated carbocycles. The van der Waals surface area contributed by atoms with E-state index >= 15 is 0 Å². The number of amides is 1. The molecule has 6 nitrogen and oxygen atoms in total. The molecule has 0 bridgehead atoms. The highest BCUT2D eigenvalue weighted by atomic mass is 32.2. The summed E-state index contributed by atoms with van der Waals surface area (Å²) in [5.41, 5.74) is 0.468. The van der Waals surface area contributed by atoms with Crippen LogP contribution in [0.4, 0.5) is 0 Å². The van der Waals surface area contributed by atoms with Gasteiger partial charge < -0.3 is 14.4 Å². The first-order chi connectivity index (χ1) is 13.0. The van der Waals surface area contributed by atoms with Crippen LogP contribution in [0.25, 0.3) is 0 Å². The summed E-state index contributed by atoms with van der Waals surface area (Å²) in [6.45, 7) is 0.796. The molecule has 1 aliphatic rings. The fourth-order valence-electron chi connectivity index (χ4n) is 3.29. The molecular formula is C20H23NO5S. The number of hydrogen-bond donors (Lipinski definition) is 0. The van der Waals surface area contributed by atoms with Crippen LogP contribution in [0.2, 0.25) is 0 Å². The number of benzene rings is 2. The first-order valence-corrected chi connectivity index (χ1v) is 10.3. The van der Waals surface area contributed by atoms with Gasteiger partial charge in [-0.3, -0.25) is 4.79 Å². The molecule has 27 heavy (non-hydrogen) atoms. The molecule has 1 fully saturated rings. The lowest BCUT2D eigenvalue weighted by atomic mass is 10.1. The van der Waals surface area contributed by atoms with Crippen molar-refractivity contribution in [3.05, 3.63) is 54.1 Å². The molecule has 1 amide bonds. The summed E-state index contributed by atoms with van der Waals surface area (Å²) in [6.07, 6.45) is 0.841. The molecule has 3 rings (SSSR count). The second kappa shape index (κ2) is 8.00. The van der Waals surface area contributed by atoms with E-state index in [2.05, 4.69) is 0 Å². The van der Waals surface area contributed by atoms with Crippen LogP contribution < -0.4 is 9.47 Å². The summed E-state index contributed by atoms with van der Waals surface area (Å²) in [4.78, 5) is 14.9. The minimum atomic E-state index is -3.38. The lowest BCUT2D eigenvalue weighted by Gasteiger charge is -2.32. The van der Waals surface area contributed by atoms with Gasteiger partial charge in [-0.05, 0) is 37.1 Å². The van der Waals surface area contributed by atoms with Crippen molar-refractivity contribution >= 4 is 15.7 Å². The van der Waals surface area contributed by atoms with Crippen LogP contribution in [0, 0.1) is 0 Å².